The minimum Gasteiger partial charge on any atom is -0.459 e. The number of phosphoric ester groups is 1. The minimum absolute atomic E-state index is 0.0178. The van der Waals surface area contributed by atoms with Crippen LogP contribution in [-0.2, 0) is 75.3 Å². The molecular formula is C33H45O16P. The minimum atomic E-state index is -5.17. The van der Waals surface area contributed by atoms with Crippen LogP contribution >= 0.6 is 7.82 Å². The van der Waals surface area contributed by atoms with Gasteiger partial charge in [-0.2, -0.15) is 0 Å². The van der Waals surface area contributed by atoms with Crippen molar-refractivity contribution in [1.29, 1.82) is 0 Å². The second kappa shape index (κ2) is 22.2. The lowest BCUT2D eigenvalue weighted by atomic mass is 10.3. The van der Waals surface area contributed by atoms with Gasteiger partial charge in [0.2, 0.25) is 0 Å². The highest BCUT2D eigenvalue weighted by Gasteiger charge is 2.40. The van der Waals surface area contributed by atoms with Gasteiger partial charge in [0.1, 0.15) is 58.0 Å². The highest BCUT2D eigenvalue weighted by molar-refractivity contribution is 7.48. The molecule has 0 heterocycles. The second-order valence-corrected chi connectivity index (χ2v) is 12.4. The Kier molecular flexibility index (Phi) is 20.1. The third-order valence-electron chi connectivity index (χ3n) is 5.33. The van der Waals surface area contributed by atoms with E-state index in [1.165, 1.54) is 41.5 Å². The van der Waals surface area contributed by atoms with Crippen LogP contribution in [0.3, 0.4) is 0 Å². The monoisotopic (exact) mass is 728 g/mol. The van der Waals surface area contributed by atoms with Gasteiger partial charge in [0.25, 0.3) is 0 Å². The molecule has 0 rings (SSSR count). The topological polar surface area (TPSA) is 203 Å². The first-order valence-electron chi connectivity index (χ1n) is 14.7. The number of carbonyl (C=O) groups excluding carboxylic acids is 6. The summed E-state index contributed by atoms with van der Waals surface area (Å²) in [7, 11) is -5.17. The molecule has 0 aliphatic carbocycles. The van der Waals surface area contributed by atoms with Gasteiger partial charge in [-0.25, -0.2) is 33.3 Å². The molecule has 0 saturated carbocycles. The molecule has 0 spiro atoms. The summed E-state index contributed by atoms with van der Waals surface area (Å²) in [4.78, 5) is 73.1. The summed E-state index contributed by atoms with van der Waals surface area (Å²) in [6, 6.07) is 0. The molecular weight excluding hydrogens is 683 g/mol. The van der Waals surface area contributed by atoms with Gasteiger partial charge in [-0.3, -0.25) is 13.6 Å². The number of hydrogen-bond donors (Lipinski definition) is 0. The van der Waals surface area contributed by atoms with E-state index >= 15 is 0 Å². The van der Waals surface area contributed by atoms with Crippen molar-refractivity contribution in [3.8, 4) is 0 Å². The van der Waals surface area contributed by atoms with E-state index in [-0.39, 0.29) is 33.4 Å². The first-order chi connectivity index (χ1) is 23.1. The van der Waals surface area contributed by atoms with E-state index in [0.29, 0.717) is 0 Å². The number of carbonyl (C=O) groups is 6. The van der Waals surface area contributed by atoms with Crippen LogP contribution in [0.15, 0.2) is 72.9 Å². The molecule has 0 aromatic heterocycles. The van der Waals surface area contributed by atoms with Crippen molar-refractivity contribution in [3.05, 3.63) is 72.9 Å². The van der Waals surface area contributed by atoms with Gasteiger partial charge >= 0.3 is 43.6 Å². The van der Waals surface area contributed by atoms with Crippen molar-refractivity contribution >= 4 is 43.6 Å². The number of esters is 6. The standard InChI is InChI=1S/C33H45O16P/c1-19(2)28(34)41-13-25(14-42-29(35)20(3)4)47-50(40,48-26(15-43-30(36)21(5)6)16-44-31(37)22(7)8)49-27(17-45-32(38)23(9)10)18-46-33(39)24(11)12/h25-27H,1,3,5,7,9,11,13-18H2,2,4,6,8,10,12H3. The molecule has 0 radical (unpaired) electrons. The third kappa shape index (κ3) is 18.8. The molecule has 16 nitrogen and oxygen atoms in total. The van der Waals surface area contributed by atoms with Crippen molar-refractivity contribution in [3.63, 3.8) is 0 Å². The number of rotatable bonds is 24. The lowest BCUT2D eigenvalue weighted by Gasteiger charge is -2.29. The molecule has 0 aliphatic heterocycles. The van der Waals surface area contributed by atoms with Crippen molar-refractivity contribution in [2.24, 2.45) is 0 Å². The van der Waals surface area contributed by atoms with E-state index in [0.717, 1.165) is 0 Å². The zero-order chi connectivity index (χ0) is 38.8. The van der Waals surface area contributed by atoms with E-state index in [4.69, 9.17) is 42.0 Å². The first-order valence-corrected chi connectivity index (χ1v) is 16.2. The van der Waals surface area contributed by atoms with Crippen LogP contribution in [0.25, 0.3) is 0 Å². The summed E-state index contributed by atoms with van der Waals surface area (Å²) >= 11 is 0. The predicted octanol–water partition coefficient (Wildman–Crippen LogP) is 3.97. The summed E-state index contributed by atoms with van der Waals surface area (Å²) in [6.45, 7) is 24.6. The largest absolute Gasteiger partial charge is 0.476 e. The summed E-state index contributed by atoms with van der Waals surface area (Å²) in [5.74, 6) is -5.37. The molecule has 0 bridgehead atoms. The normalized spacial score (nSPS) is 10.9. The van der Waals surface area contributed by atoms with Gasteiger partial charge in [0.05, 0.1) is 0 Å². The maximum Gasteiger partial charge on any atom is 0.476 e. The van der Waals surface area contributed by atoms with E-state index < -0.39 is 102 Å². The first kappa shape index (κ1) is 45.4. The predicted molar refractivity (Wildman–Crippen MR) is 177 cm³/mol. The smallest absolute Gasteiger partial charge is 0.459 e. The Balaban J connectivity index is 6.91. The number of ether oxygens (including phenoxy) is 6. The van der Waals surface area contributed by atoms with Crippen molar-refractivity contribution in [2.45, 2.75) is 59.9 Å². The van der Waals surface area contributed by atoms with Crippen molar-refractivity contribution < 1.29 is 75.3 Å². The maximum absolute atomic E-state index is 14.5. The van der Waals surface area contributed by atoms with Crippen molar-refractivity contribution in [2.75, 3.05) is 39.6 Å². The summed E-state index contributed by atoms with van der Waals surface area (Å²) in [6.07, 6.45) is -4.79. The van der Waals surface area contributed by atoms with Crippen LogP contribution in [0, 0.1) is 0 Å². The molecule has 0 amide bonds. The highest BCUT2D eigenvalue weighted by Crippen LogP contribution is 2.53. The Labute approximate surface area is 291 Å². The SMILES string of the molecule is C=C(C)C(=O)OCC(COC(=O)C(=C)C)OP(=O)(OC(COC(=O)C(=C)C)COC(=O)C(=C)C)OC(COC(=O)C(=C)C)COC(=O)C(=C)C. The number of phosphoric acid groups is 1. The molecule has 0 saturated heterocycles. The Hall–Kier alpha value is -4.63. The molecule has 0 N–H and O–H groups in total. The quantitative estimate of drug-likeness (QED) is 0.0597. The van der Waals surface area contributed by atoms with Crippen LogP contribution in [-0.4, -0.2) is 93.8 Å². The van der Waals surface area contributed by atoms with Crippen LogP contribution in [0.1, 0.15) is 41.5 Å². The zero-order valence-electron chi connectivity index (χ0n) is 29.2. The Morgan fingerprint density at radius 1 is 0.380 bits per heavy atom. The molecule has 50 heavy (non-hydrogen) atoms. The van der Waals surface area contributed by atoms with Crippen LogP contribution in [0.2, 0.25) is 0 Å². The fourth-order valence-electron chi connectivity index (χ4n) is 2.70. The van der Waals surface area contributed by atoms with Crippen molar-refractivity contribution in [1.82, 2.24) is 0 Å². The lowest BCUT2D eigenvalue weighted by Crippen LogP contribution is -2.34. The Bertz CT molecular complexity index is 1170. The van der Waals surface area contributed by atoms with Gasteiger partial charge in [0.15, 0.2) is 0 Å². The summed E-state index contributed by atoms with van der Waals surface area (Å²) in [5.41, 5.74) is -0.107. The molecule has 0 atom stereocenters. The molecule has 0 aromatic rings. The van der Waals surface area contributed by atoms with Gasteiger partial charge in [-0.15, -0.1) is 0 Å². The van der Waals surface area contributed by atoms with E-state index in [1.807, 2.05) is 0 Å². The molecule has 0 aliphatic rings. The van der Waals surface area contributed by atoms with E-state index in [9.17, 15) is 33.3 Å². The molecule has 278 valence electrons. The molecule has 0 fully saturated rings. The summed E-state index contributed by atoms with van der Waals surface area (Å²) < 4.78 is 62.1. The van der Waals surface area contributed by atoms with Gasteiger partial charge in [0, 0.05) is 33.4 Å². The fraction of sp³-hybridized carbons (Fsp3) is 0.455. The van der Waals surface area contributed by atoms with Crippen LogP contribution in [0.4, 0.5) is 0 Å². The maximum atomic E-state index is 14.5. The van der Waals surface area contributed by atoms with E-state index in [1.54, 1.807) is 0 Å². The third-order valence-corrected chi connectivity index (χ3v) is 7.00. The number of hydrogen-bond acceptors (Lipinski definition) is 16. The lowest BCUT2D eigenvalue weighted by molar-refractivity contribution is -0.150. The summed E-state index contributed by atoms with van der Waals surface area (Å²) in [5, 5.41) is 0. The van der Waals surface area contributed by atoms with Gasteiger partial charge < -0.3 is 28.4 Å². The van der Waals surface area contributed by atoms with E-state index in [2.05, 4.69) is 39.5 Å². The highest BCUT2D eigenvalue weighted by atomic mass is 31.2. The van der Waals surface area contributed by atoms with Crippen LogP contribution in [0.5, 0.6) is 0 Å². The molecule has 0 unspecified atom stereocenters. The molecule has 17 heteroatoms. The fourth-order valence-corrected chi connectivity index (χ4v) is 4.31. The second-order valence-electron chi connectivity index (χ2n) is 10.9. The zero-order valence-corrected chi connectivity index (χ0v) is 30.1. The Morgan fingerprint density at radius 2 is 0.520 bits per heavy atom. The van der Waals surface area contributed by atoms with Gasteiger partial charge in [-0.05, 0) is 41.5 Å². The average molecular weight is 729 g/mol. The van der Waals surface area contributed by atoms with Gasteiger partial charge in [-0.1, -0.05) is 39.5 Å². The Morgan fingerprint density at radius 3 is 0.640 bits per heavy atom. The molecule has 0 aromatic carbocycles. The average Bonchev–Trinajstić information content (AvgIpc) is 3.03. The van der Waals surface area contributed by atoms with Crippen LogP contribution < -0.4 is 0 Å².